The van der Waals surface area contributed by atoms with Crippen molar-refractivity contribution in [3.05, 3.63) is 81.9 Å². The van der Waals surface area contributed by atoms with Gasteiger partial charge in [0.1, 0.15) is 5.69 Å². The topological polar surface area (TPSA) is 123 Å². The number of carbonyl (C=O) groups is 2. The molecule has 1 saturated heterocycles. The molecular formula is C26H24N4O6. The summed E-state index contributed by atoms with van der Waals surface area (Å²) >= 11 is 0. The highest BCUT2D eigenvalue weighted by Crippen LogP contribution is 2.35. The molecule has 10 nitrogen and oxygen atoms in total. The summed E-state index contributed by atoms with van der Waals surface area (Å²) in [5.41, 5.74) is 1.56. The van der Waals surface area contributed by atoms with Crippen molar-refractivity contribution in [1.82, 2.24) is 0 Å². The fourth-order valence-corrected chi connectivity index (χ4v) is 4.37. The second-order valence-electron chi connectivity index (χ2n) is 8.53. The molecule has 2 heterocycles. The number of nitro groups is 1. The predicted molar refractivity (Wildman–Crippen MR) is 134 cm³/mol. The Balaban J connectivity index is 1.35. The van der Waals surface area contributed by atoms with Gasteiger partial charge >= 0.3 is 0 Å². The number of piperidine rings is 1. The molecule has 0 spiro atoms. The Bertz CT molecular complexity index is 1340. The zero-order valence-electron chi connectivity index (χ0n) is 19.4. The quantitative estimate of drug-likeness (QED) is 0.377. The largest absolute Gasteiger partial charge is 0.454 e. The van der Waals surface area contributed by atoms with Crippen LogP contribution in [0.15, 0.2) is 60.7 Å². The maximum Gasteiger partial charge on any atom is 0.293 e. The number of nitro benzene ring substituents is 1. The van der Waals surface area contributed by atoms with E-state index < -0.39 is 16.7 Å². The number of amides is 2. The number of nitrogens with zero attached hydrogens (tertiary/aromatic N) is 2. The molecule has 0 atom stereocenters. The normalized spacial score (nSPS) is 14.3. The van der Waals surface area contributed by atoms with Crippen LogP contribution in [0.2, 0.25) is 0 Å². The van der Waals surface area contributed by atoms with E-state index in [4.69, 9.17) is 9.47 Å². The molecule has 2 N–H and O–H groups in total. The van der Waals surface area contributed by atoms with Crippen LogP contribution < -0.4 is 25.0 Å². The van der Waals surface area contributed by atoms with Gasteiger partial charge in [-0.15, -0.1) is 0 Å². The van der Waals surface area contributed by atoms with E-state index in [2.05, 4.69) is 10.6 Å². The van der Waals surface area contributed by atoms with Crippen molar-refractivity contribution in [2.75, 3.05) is 35.4 Å². The van der Waals surface area contributed by atoms with Gasteiger partial charge < -0.3 is 25.0 Å². The molecule has 0 radical (unpaired) electrons. The number of carbonyl (C=O) groups excluding carboxylic acids is 2. The van der Waals surface area contributed by atoms with Crippen LogP contribution in [-0.2, 0) is 0 Å². The minimum Gasteiger partial charge on any atom is -0.454 e. The second-order valence-corrected chi connectivity index (χ2v) is 8.53. The Morgan fingerprint density at radius 3 is 2.44 bits per heavy atom. The third-order valence-corrected chi connectivity index (χ3v) is 6.18. The molecule has 0 aromatic heterocycles. The average molecular weight is 489 g/mol. The van der Waals surface area contributed by atoms with E-state index in [1.165, 1.54) is 6.07 Å². The molecule has 184 valence electrons. The van der Waals surface area contributed by atoms with Crippen LogP contribution in [0.5, 0.6) is 11.5 Å². The first kappa shape index (κ1) is 23.2. The van der Waals surface area contributed by atoms with Gasteiger partial charge in [-0.25, -0.2) is 0 Å². The van der Waals surface area contributed by atoms with Crippen LogP contribution in [0.25, 0.3) is 0 Å². The first-order chi connectivity index (χ1) is 17.5. The number of hydrogen-bond donors (Lipinski definition) is 2. The summed E-state index contributed by atoms with van der Waals surface area (Å²) < 4.78 is 10.6. The van der Waals surface area contributed by atoms with E-state index in [1.807, 2.05) is 4.90 Å². The standard InChI is InChI=1S/C26H24N4O6/c31-25(17-8-10-21(22(14-17)30(33)34)29-12-4-1-5-13-29)28-20-7-3-2-6-19(20)26(32)27-18-9-11-23-24(15-18)36-16-35-23/h2-3,6-11,14-15H,1,4-5,12-13,16H2,(H,27,32)(H,28,31). The number of para-hydroxylation sites is 1. The molecular weight excluding hydrogens is 464 g/mol. The minimum absolute atomic E-state index is 0.113. The van der Waals surface area contributed by atoms with Gasteiger partial charge in [-0.2, -0.15) is 0 Å². The van der Waals surface area contributed by atoms with Gasteiger partial charge in [-0.1, -0.05) is 12.1 Å². The molecule has 36 heavy (non-hydrogen) atoms. The molecule has 2 aliphatic rings. The molecule has 10 heteroatoms. The number of benzene rings is 3. The fourth-order valence-electron chi connectivity index (χ4n) is 4.37. The second kappa shape index (κ2) is 9.95. The molecule has 0 bridgehead atoms. The number of nitrogens with one attached hydrogen (secondary N) is 2. The highest BCUT2D eigenvalue weighted by molar-refractivity contribution is 6.12. The Hall–Kier alpha value is -4.60. The summed E-state index contributed by atoms with van der Waals surface area (Å²) in [4.78, 5) is 39.3. The van der Waals surface area contributed by atoms with Gasteiger partial charge in [0, 0.05) is 36.5 Å². The van der Waals surface area contributed by atoms with Gasteiger partial charge in [-0.05, 0) is 55.7 Å². The van der Waals surface area contributed by atoms with E-state index in [0.717, 1.165) is 32.4 Å². The van der Waals surface area contributed by atoms with Crippen molar-refractivity contribution in [2.45, 2.75) is 19.3 Å². The van der Waals surface area contributed by atoms with Gasteiger partial charge in [0.25, 0.3) is 17.5 Å². The van der Waals surface area contributed by atoms with Crippen LogP contribution in [0.1, 0.15) is 40.0 Å². The zero-order valence-corrected chi connectivity index (χ0v) is 19.4. The van der Waals surface area contributed by atoms with Gasteiger partial charge in [0.15, 0.2) is 11.5 Å². The van der Waals surface area contributed by atoms with E-state index in [9.17, 15) is 19.7 Å². The molecule has 2 amide bonds. The molecule has 2 aliphatic heterocycles. The van der Waals surface area contributed by atoms with Gasteiger partial charge in [0.2, 0.25) is 6.79 Å². The first-order valence-electron chi connectivity index (χ1n) is 11.6. The lowest BCUT2D eigenvalue weighted by molar-refractivity contribution is -0.384. The number of ether oxygens (including phenoxy) is 2. The van der Waals surface area contributed by atoms with Crippen LogP contribution in [0.3, 0.4) is 0 Å². The smallest absolute Gasteiger partial charge is 0.293 e. The molecule has 0 unspecified atom stereocenters. The number of anilines is 3. The Labute approximate surface area is 207 Å². The Morgan fingerprint density at radius 2 is 1.64 bits per heavy atom. The van der Waals surface area contributed by atoms with Crippen LogP contribution in [0.4, 0.5) is 22.7 Å². The summed E-state index contributed by atoms with van der Waals surface area (Å²) in [7, 11) is 0. The third-order valence-electron chi connectivity index (χ3n) is 6.18. The van der Waals surface area contributed by atoms with Gasteiger partial charge in [0.05, 0.1) is 16.2 Å². The third kappa shape index (κ3) is 4.78. The lowest BCUT2D eigenvalue weighted by atomic mass is 10.1. The Kier molecular flexibility index (Phi) is 6.40. The van der Waals surface area contributed by atoms with Crippen molar-refractivity contribution in [3.8, 4) is 11.5 Å². The highest BCUT2D eigenvalue weighted by Gasteiger charge is 2.24. The van der Waals surface area contributed by atoms with Crippen LogP contribution >= 0.6 is 0 Å². The number of rotatable bonds is 6. The molecule has 5 rings (SSSR count). The predicted octanol–water partition coefficient (Wildman–Crippen LogP) is 4.82. The van der Waals surface area contributed by atoms with E-state index in [-0.39, 0.29) is 29.3 Å². The van der Waals surface area contributed by atoms with E-state index in [1.54, 1.807) is 54.6 Å². The van der Waals surface area contributed by atoms with Gasteiger partial charge in [-0.3, -0.25) is 19.7 Å². The van der Waals surface area contributed by atoms with Crippen molar-refractivity contribution < 1.29 is 24.0 Å². The lowest BCUT2D eigenvalue weighted by Crippen LogP contribution is -2.30. The maximum absolute atomic E-state index is 13.0. The fraction of sp³-hybridized carbons (Fsp3) is 0.231. The zero-order chi connectivity index (χ0) is 25.1. The molecule has 0 aliphatic carbocycles. The number of fused-ring (bicyclic) bond motifs is 1. The highest BCUT2D eigenvalue weighted by atomic mass is 16.7. The SMILES string of the molecule is O=C(Nc1ccccc1C(=O)Nc1ccc2c(c1)OCO2)c1ccc(N2CCCCC2)c([N+](=O)[O-])c1. The minimum atomic E-state index is -0.549. The Morgan fingerprint density at radius 1 is 0.861 bits per heavy atom. The summed E-state index contributed by atoms with van der Waals surface area (Å²) in [5, 5.41) is 17.3. The molecule has 1 fully saturated rings. The molecule has 0 saturated carbocycles. The summed E-state index contributed by atoms with van der Waals surface area (Å²) in [6.45, 7) is 1.62. The summed E-state index contributed by atoms with van der Waals surface area (Å²) in [5.74, 6) is 0.146. The van der Waals surface area contributed by atoms with E-state index in [0.29, 0.717) is 22.9 Å². The van der Waals surface area contributed by atoms with Crippen molar-refractivity contribution in [2.24, 2.45) is 0 Å². The van der Waals surface area contributed by atoms with Crippen LogP contribution in [-0.4, -0.2) is 36.6 Å². The van der Waals surface area contributed by atoms with E-state index >= 15 is 0 Å². The average Bonchev–Trinajstić information content (AvgIpc) is 3.37. The lowest BCUT2D eigenvalue weighted by Gasteiger charge is -2.28. The molecule has 3 aromatic rings. The first-order valence-corrected chi connectivity index (χ1v) is 11.6. The number of hydrogen-bond acceptors (Lipinski definition) is 7. The monoisotopic (exact) mass is 488 g/mol. The molecule has 3 aromatic carbocycles. The van der Waals surface area contributed by atoms with Crippen molar-refractivity contribution >= 4 is 34.6 Å². The summed E-state index contributed by atoms with van der Waals surface area (Å²) in [6.07, 6.45) is 3.06. The van der Waals surface area contributed by atoms with Crippen molar-refractivity contribution in [3.63, 3.8) is 0 Å². The van der Waals surface area contributed by atoms with Crippen molar-refractivity contribution in [1.29, 1.82) is 0 Å². The maximum atomic E-state index is 13.0. The van der Waals surface area contributed by atoms with Crippen LogP contribution in [0, 0.1) is 10.1 Å². The summed E-state index contributed by atoms with van der Waals surface area (Å²) in [6, 6.07) is 16.1.